The van der Waals surface area contributed by atoms with E-state index in [1.165, 1.54) is 41.2 Å². The minimum absolute atomic E-state index is 0.0799. The van der Waals surface area contributed by atoms with Gasteiger partial charge in [-0.2, -0.15) is 18.3 Å². The van der Waals surface area contributed by atoms with Crippen molar-refractivity contribution in [2.24, 2.45) is 5.92 Å². The Balaban J connectivity index is 1.91. The van der Waals surface area contributed by atoms with Crippen molar-refractivity contribution in [2.75, 3.05) is 13.1 Å². The molecule has 35 heavy (non-hydrogen) atoms. The largest absolute Gasteiger partial charge is 0.481 e. The lowest BCUT2D eigenvalue weighted by Gasteiger charge is -2.25. The number of halogens is 4. The normalized spacial score (nSPS) is 16.9. The maximum atomic E-state index is 13.7. The highest BCUT2D eigenvalue weighted by molar-refractivity contribution is 6.32. The van der Waals surface area contributed by atoms with Gasteiger partial charge in [-0.05, 0) is 42.3 Å². The number of alkyl halides is 3. The van der Waals surface area contributed by atoms with E-state index in [9.17, 15) is 33.0 Å². The lowest BCUT2D eigenvalue weighted by molar-refractivity contribution is -0.149. The fourth-order valence-electron chi connectivity index (χ4n) is 4.63. The third-order valence-corrected chi connectivity index (χ3v) is 6.45. The maximum absolute atomic E-state index is 13.7. The van der Waals surface area contributed by atoms with Crippen LogP contribution >= 0.6 is 11.6 Å². The molecular weight excluding hydrogens is 487 g/mol. The van der Waals surface area contributed by atoms with Gasteiger partial charge in [0.2, 0.25) is 0 Å². The van der Waals surface area contributed by atoms with Crippen molar-refractivity contribution in [3.05, 3.63) is 70.4 Å². The molecule has 0 bridgehead atoms. The zero-order valence-corrected chi connectivity index (χ0v) is 19.0. The van der Waals surface area contributed by atoms with Crippen molar-refractivity contribution in [3.63, 3.8) is 0 Å². The van der Waals surface area contributed by atoms with Crippen LogP contribution < -0.4 is 5.32 Å². The molecule has 1 aliphatic rings. The maximum Gasteiger partial charge on any atom is 0.417 e. The summed E-state index contributed by atoms with van der Waals surface area (Å²) in [6, 6.07) is 9.79. The molecule has 2 atom stereocenters. The average molecular weight is 508 g/mol. The van der Waals surface area contributed by atoms with Crippen molar-refractivity contribution in [2.45, 2.75) is 24.9 Å². The van der Waals surface area contributed by atoms with Gasteiger partial charge in [0, 0.05) is 18.0 Å². The van der Waals surface area contributed by atoms with Crippen molar-refractivity contribution in [3.8, 4) is 16.9 Å². The standard InChI is InChI=1S/C24H21ClF3N3O4/c25-19-6-5-13-14(7-9-29-12-17(13)16(23(34)35)11-21(32)33)22(19)31-20(8-10-30-31)15-3-1-2-4-18(15)24(26,27)28/h1-6,8,10,16-17,29H,7,9,11-12H2,(H,32,33)(H,34,35). The van der Waals surface area contributed by atoms with E-state index >= 15 is 0 Å². The number of carbonyl (C=O) groups is 2. The average Bonchev–Trinajstić information content (AvgIpc) is 3.17. The van der Waals surface area contributed by atoms with Gasteiger partial charge < -0.3 is 15.5 Å². The SMILES string of the molecule is O=C(O)CC(C(=O)O)C1CNCCc2c1ccc(Cl)c2-n1nccc1-c1ccccc1C(F)(F)F. The monoisotopic (exact) mass is 507 g/mol. The summed E-state index contributed by atoms with van der Waals surface area (Å²) in [5.74, 6) is -4.40. The molecule has 1 aliphatic heterocycles. The Morgan fingerprint density at radius 3 is 2.60 bits per heavy atom. The zero-order chi connectivity index (χ0) is 25.3. The first-order valence-corrected chi connectivity index (χ1v) is 11.1. The number of carboxylic acid groups (broad SMARTS) is 2. The molecule has 0 spiro atoms. The Kier molecular flexibility index (Phi) is 6.86. The molecule has 4 rings (SSSR count). The van der Waals surface area contributed by atoms with Gasteiger partial charge in [-0.3, -0.25) is 9.59 Å². The van der Waals surface area contributed by atoms with Crippen LogP contribution in [0.2, 0.25) is 5.02 Å². The Morgan fingerprint density at radius 1 is 1.17 bits per heavy atom. The zero-order valence-electron chi connectivity index (χ0n) is 18.2. The number of nitrogens with zero attached hydrogens (tertiary/aromatic N) is 2. The Bertz CT molecular complexity index is 1280. The number of nitrogens with one attached hydrogen (secondary N) is 1. The first-order valence-electron chi connectivity index (χ1n) is 10.8. The van der Waals surface area contributed by atoms with E-state index in [4.69, 9.17) is 11.6 Å². The number of benzene rings is 2. The summed E-state index contributed by atoms with van der Waals surface area (Å²) in [4.78, 5) is 23.3. The minimum atomic E-state index is -4.59. The van der Waals surface area contributed by atoms with E-state index in [2.05, 4.69) is 10.4 Å². The molecule has 0 saturated carbocycles. The highest BCUT2D eigenvalue weighted by Gasteiger charge is 2.36. The van der Waals surface area contributed by atoms with Crippen molar-refractivity contribution >= 4 is 23.5 Å². The van der Waals surface area contributed by atoms with Crippen molar-refractivity contribution in [1.29, 1.82) is 0 Å². The molecule has 0 fully saturated rings. The van der Waals surface area contributed by atoms with Crippen LogP contribution in [-0.2, 0) is 22.2 Å². The highest BCUT2D eigenvalue weighted by Crippen LogP contribution is 2.41. The van der Waals surface area contributed by atoms with E-state index in [0.717, 1.165) is 6.07 Å². The van der Waals surface area contributed by atoms with Crippen molar-refractivity contribution < 1.29 is 33.0 Å². The predicted molar refractivity (Wildman–Crippen MR) is 122 cm³/mol. The van der Waals surface area contributed by atoms with Gasteiger partial charge >= 0.3 is 18.1 Å². The Hall–Kier alpha value is -3.37. The second kappa shape index (κ2) is 9.71. The van der Waals surface area contributed by atoms with Crippen LogP contribution in [0, 0.1) is 5.92 Å². The van der Waals surface area contributed by atoms with E-state index in [1.807, 2.05) is 0 Å². The number of aromatic nitrogens is 2. The highest BCUT2D eigenvalue weighted by atomic mass is 35.5. The molecular formula is C24H21ClF3N3O4. The molecule has 3 aromatic rings. The molecule has 3 N–H and O–H groups in total. The lowest BCUT2D eigenvalue weighted by Crippen LogP contribution is -2.31. The van der Waals surface area contributed by atoms with Crippen LogP contribution in [-0.4, -0.2) is 45.0 Å². The predicted octanol–water partition coefficient (Wildman–Crippen LogP) is 4.62. The van der Waals surface area contributed by atoms with Crippen LogP contribution in [0.25, 0.3) is 16.9 Å². The molecule has 0 saturated heterocycles. The quantitative estimate of drug-likeness (QED) is 0.450. The molecule has 0 amide bonds. The first-order chi connectivity index (χ1) is 16.6. The number of rotatable bonds is 6. The van der Waals surface area contributed by atoms with Crippen LogP contribution in [0.3, 0.4) is 0 Å². The van der Waals surface area contributed by atoms with E-state index < -0.39 is 41.9 Å². The molecule has 1 aromatic heterocycles. The third kappa shape index (κ3) is 4.89. The Morgan fingerprint density at radius 2 is 1.91 bits per heavy atom. The van der Waals surface area contributed by atoms with Crippen LogP contribution in [0.5, 0.6) is 0 Å². The number of carboxylic acids is 2. The second-order valence-electron chi connectivity index (χ2n) is 8.24. The van der Waals surface area contributed by atoms with E-state index in [-0.39, 0.29) is 22.8 Å². The van der Waals surface area contributed by atoms with Crippen LogP contribution in [0.1, 0.15) is 29.0 Å². The molecule has 7 nitrogen and oxygen atoms in total. The second-order valence-corrected chi connectivity index (χ2v) is 8.65. The summed E-state index contributed by atoms with van der Waals surface area (Å²) < 4.78 is 42.5. The molecule has 11 heteroatoms. The topological polar surface area (TPSA) is 104 Å². The molecule has 0 aliphatic carbocycles. The van der Waals surface area contributed by atoms with E-state index in [0.29, 0.717) is 29.8 Å². The van der Waals surface area contributed by atoms with Gasteiger partial charge in [-0.15, -0.1) is 0 Å². The number of hydrogen-bond acceptors (Lipinski definition) is 4. The van der Waals surface area contributed by atoms with Gasteiger partial charge in [-0.1, -0.05) is 35.9 Å². The Labute approximate surface area is 203 Å². The lowest BCUT2D eigenvalue weighted by atomic mass is 9.81. The first kappa shape index (κ1) is 24.7. The molecule has 2 aromatic carbocycles. The molecule has 2 heterocycles. The number of hydrogen-bond donors (Lipinski definition) is 3. The summed E-state index contributed by atoms with van der Waals surface area (Å²) in [5, 5.41) is 26.7. The van der Waals surface area contributed by atoms with Gasteiger partial charge in [0.1, 0.15) is 0 Å². The summed E-state index contributed by atoms with van der Waals surface area (Å²) in [6.45, 7) is 0.660. The fraction of sp³-hybridized carbons (Fsp3) is 0.292. The van der Waals surface area contributed by atoms with Gasteiger partial charge in [0.25, 0.3) is 0 Å². The smallest absolute Gasteiger partial charge is 0.417 e. The van der Waals surface area contributed by atoms with E-state index in [1.54, 1.807) is 6.07 Å². The number of fused-ring (bicyclic) bond motifs is 1. The number of aliphatic carboxylic acids is 2. The fourth-order valence-corrected chi connectivity index (χ4v) is 4.89. The van der Waals surface area contributed by atoms with Gasteiger partial charge in [-0.25, -0.2) is 4.68 Å². The minimum Gasteiger partial charge on any atom is -0.481 e. The summed E-state index contributed by atoms with van der Waals surface area (Å²) in [7, 11) is 0. The van der Waals surface area contributed by atoms with Crippen molar-refractivity contribution in [1.82, 2.24) is 15.1 Å². The van der Waals surface area contributed by atoms with Crippen LogP contribution in [0.15, 0.2) is 48.7 Å². The molecule has 0 radical (unpaired) electrons. The van der Waals surface area contributed by atoms with Crippen LogP contribution in [0.4, 0.5) is 13.2 Å². The van der Waals surface area contributed by atoms with Gasteiger partial charge in [0.15, 0.2) is 0 Å². The summed E-state index contributed by atoms with van der Waals surface area (Å²) >= 11 is 6.56. The summed E-state index contributed by atoms with van der Waals surface area (Å²) in [6.07, 6.45) is -3.41. The third-order valence-electron chi connectivity index (χ3n) is 6.15. The molecule has 184 valence electrons. The molecule has 2 unspecified atom stereocenters. The summed E-state index contributed by atoms with van der Waals surface area (Å²) in [5.41, 5.74) is 0.791. The van der Waals surface area contributed by atoms with Gasteiger partial charge in [0.05, 0.1) is 40.5 Å².